The Labute approximate surface area is 200 Å². The average Bonchev–Trinajstić information content (AvgIpc) is 3.05. The number of ether oxygens (including phenoxy) is 2. The van der Waals surface area contributed by atoms with Crippen LogP contribution in [0.5, 0.6) is 0 Å². The molecule has 5 rings (SSSR count). The van der Waals surface area contributed by atoms with Crippen LogP contribution in [0.15, 0.2) is 23.5 Å². The summed E-state index contributed by atoms with van der Waals surface area (Å²) in [6.07, 6.45) is 13.1. The molecule has 0 radical (unpaired) electrons. The molecule has 33 heavy (non-hydrogen) atoms. The van der Waals surface area contributed by atoms with Crippen molar-refractivity contribution in [1.82, 2.24) is 0 Å². The Balaban J connectivity index is 1.47. The predicted molar refractivity (Wildman–Crippen MR) is 129 cm³/mol. The third-order valence-electron chi connectivity index (χ3n) is 10.7. The van der Waals surface area contributed by atoms with Gasteiger partial charge < -0.3 is 14.6 Å². The zero-order valence-corrected chi connectivity index (χ0v) is 21.3. The molecule has 0 bridgehead atoms. The fourth-order valence-electron chi connectivity index (χ4n) is 9.07. The van der Waals surface area contributed by atoms with Crippen molar-refractivity contribution >= 4 is 5.97 Å². The lowest BCUT2D eigenvalue weighted by molar-refractivity contribution is -0.150. The highest BCUT2D eigenvalue weighted by atomic mass is 16.5. The largest absolute Gasteiger partial charge is 0.498 e. The van der Waals surface area contributed by atoms with Crippen LogP contribution in [-0.4, -0.2) is 29.9 Å². The average molecular weight is 457 g/mol. The number of hydrogen-bond donors (Lipinski definition) is 1. The molecule has 10 atom stereocenters. The number of carbonyl (C=O) groups is 1. The van der Waals surface area contributed by atoms with Crippen molar-refractivity contribution < 1.29 is 19.4 Å². The van der Waals surface area contributed by atoms with Crippen LogP contribution in [0.25, 0.3) is 0 Å². The van der Waals surface area contributed by atoms with E-state index in [0.29, 0.717) is 29.6 Å². The summed E-state index contributed by atoms with van der Waals surface area (Å²) >= 11 is 0. The van der Waals surface area contributed by atoms with Crippen molar-refractivity contribution in [2.24, 2.45) is 46.3 Å². The molecule has 1 heterocycles. The lowest BCUT2D eigenvalue weighted by Gasteiger charge is -2.58. The maximum atomic E-state index is 12.1. The van der Waals surface area contributed by atoms with Gasteiger partial charge in [-0.15, -0.1) is 0 Å². The van der Waals surface area contributed by atoms with Crippen molar-refractivity contribution in [3.63, 3.8) is 0 Å². The Hall–Kier alpha value is -1.29. The van der Waals surface area contributed by atoms with Crippen molar-refractivity contribution in [3.8, 4) is 0 Å². The van der Waals surface area contributed by atoms with Gasteiger partial charge in [0.25, 0.3) is 0 Å². The summed E-state index contributed by atoms with van der Waals surface area (Å²) in [6.45, 7) is 11.9. The lowest BCUT2D eigenvalue weighted by atomic mass is 9.47. The predicted octanol–water partition coefficient (Wildman–Crippen LogP) is 6.04. The molecule has 4 heteroatoms. The monoisotopic (exact) mass is 456 g/mol. The van der Waals surface area contributed by atoms with Gasteiger partial charge >= 0.3 is 5.97 Å². The van der Waals surface area contributed by atoms with Gasteiger partial charge in [-0.25, -0.2) is 0 Å². The second-order valence-corrected chi connectivity index (χ2v) is 12.7. The third-order valence-corrected chi connectivity index (χ3v) is 10.7. The molecule has 0 unspecified atom stereocenters. The van der Waals surface area contributed by atoms with Crippen LogP contribution in [0.1, 0.15) is 86.0 Å². The number of fused-ring (bicyclic) bond motifs is 5. The highest BCUT2D eigenvalue weighted by Crippen LogP contribution is 2.68. The summed E-state index contributed by atoms with van der Waals surface area (Å²) in [6, 6.07) is 0. The summed E-state index contributed by atoms with van der Waals surface area (Å²) < 4.78 is 12.3. The van der Waals surface area contributed by atoms with Crippen LogP contribution in [0.4, 0.5) is 0 Å². The number of allylic oxidation sites excluding steroid dienone is 3. The molecule has 3 saturated carbocycles. The van der Waals surface area contributed by atoms with E-state index in [9.17, 15) is 9.90 Å². The van der Waals surface area contributed by atoms with E-state index in [1.165, 1.54) is 18.4 Å². The molecule has 0 amide bonds. The van der Waals surface area contributed by atoms with Gasteiger partial charge in [-0.3, -0.25) is 4.79 Å². The zero-order chi connectivity index (χ0) is 23.5. The van der Waals surface area contributed by atoms with Gasteiger partial charge in [0.2, 0.25) is 0 Å². The first-order chi connectivity index (χ1) is 15.6. The maximum absolute atomic E-state index is 12.1. The van der Waals surface area contributed by atoms with E-state index in [0.717, 1.165) is 50.9 Å². The van der Waals surface area contributed by atoms with Crippen LogP contribution in [0.3, 0.4) is 0 Å². The van der Waals surface area contributed by atoms with Crippen LogP contribution in [0, 0.1) is 46.3 Å². The smallest absolute Gasteiger partial charge is 0.302 e. The van der Waals surface area contributed by atoms with Gasteiger partial charge in [-0.2, -0.15) is 0 Å². The minimum atomic E-state index is -0.161. The van der Waals surface area contributed by atoms with E-state index in [1.54, 1.807) is 6.92 Å². The molecule has 0 spiro atoms. The number of aliphatic hydroxyl groups excluding tert-OH is 1. The fraction of sp³-hybridized carbons (Fsp3) is 0.828. The quantitative estimate of drug-likeness (QED) is 0.415. The van der Waals surface area contributed by atoms with Crippen molar-refractivity contribution in [2.75, 3.05) is 6.61 Å². The number of carbonyl (C=O) groups excluding carboxylic acids is 1. The first-order valence-electron chi connectivity index (χ1n) is 13.5. The first-order valence-corrected chi connectivity index (χ1v) is 13.5. The molecule has 5 aliphatic rings. The van der Waals surface area contributed by atoms with Crippen molar-refractivity contribution in [2.45, 2.75) is 98.2 Å². The molecule has 0 aromatic carbocycles. The Bertz CT molecular complexity index is 845. The van der Waals surface area contributed by atoms with Gasteiger partial charge in [0.05, 0.1) is 18.5 Å². The minimum Gasteiger partial charge on any atom is -0.498 e. The van der Waals surface area contributed by atoms with Crippen LogP contribution < -0.4 is 0 Å². The topological polar surface area (TPSA) is 55.8 Å². The molecule has 0 aromatic heterocycles. The van der Waals surface area contributed by atoms with E-state index in [1.807, 2.05) is 0 Å². The Morgan fingerprint density at radius 1 is 1.18 bits per heavy atom. The third kappa shape index (κ3) is 3.79. The molecule has 1 N–H and O–H groups in total. The molecular formula is C29H44O4. The number of aliphatic hydroxyl groups is 1. The molecule has 184 valence electrons. The highest BCUT2D eigenvalue weighted by Gasteiger charge is 2.63. The summed E-state index contributed by atoms with van der Waals surface area (Å²) in [5.74, 6) is 4.01. The Morgan fingerprint density at radius 2 is 1.97 bits per heavy atom. The van der Waals surface area contributed by atoms with E-state index < -0.39 is 0 Å². The first kappa shape index (κ1) is 23.5. The number of esters is 1. The van der Waals surface area contributed by atoms with Gasteiger partial charge in [0.1, 0.15) is 6.10 Å². The second kappa shape index (κ2) is 8.43. The molecule has 4 aliphatic carbocycles. The number of rotatable bonds is 3. The minimum absolute atomic E-state index is 0.0264. The maximum Gasteiger partial charge on any atom is 0.302 e. The Kier molecular flexibility index (Phi) is 5.99. The lowest BCUT2D eigenvalue weighted by Crippen LogP contribution is -2.51. The zero-order valence-electron chi connectivity index (χ0n) is 21.3. The van der Waals surface area contributed by atoms with E-state index in [2.05, 4.69) is 39.8 Å². The summed E-state index contributed by atoms with van der Waals surface area (Å²) in [4.78, 5) is 12.1. The normalized spacial score (nSPS) is 47.8. The van der Waals surface area contributed by atoms with E-state index >= 15 is 0 Å². The SMILES string of the molecule is CC(=O)O[C@H]1C[C@H]2[C@@H]3CC=C4C[C@@H](O)CC[C@]4(C)[C@H]3CC[C@]2(C)[C@H]1[C@H](C)C1=CC[C@@H](C)CO1. The van der Waals surface area contributed by atoms with Gasteiger partial charge in [0, 0.05) is 18.8 Å². The van der Waals surface area contributed by atoms with Crippen molar-refractivity contribution in [3.05, 3.63) is 23.5 Å². The highest BCUT2D eigenvalue weighted by molar-refractivity contribution is 5.66. The second-order valence-electron chi connectivity index (χ2n) is 12.7. The summed E-state index contributed by atoms with van der Waals surface area (Å²) in [7, 11) is 0. The molecular weight excluding hydrogens is 412 g/mol. The molecule has 1 aliphatic heterocycles. The van der Waals surface area contributed by atoms with Gasteiger partial charge in [0.15, 0.2) is 0 Å². The molecule has 0 saturated heterocycles. The van der Waals surface area contributed by atoms with Crippen molar-refractivity contribution in [1.29, 1.82) is 0 Å². The van der Waals surface area contributed by atoms with Gasteiger partial charge in [-0.1, -0.05) is 39.3 Å². The molecule has 0 aromatic rings. The molecule has 3 fully saturated rings. The van der Waals surface area contributed by atoms with Crippen LogP contribution in [0.2, 0.25) is 0 Å². The number of hydrogen-bond acceptors (Lipinski definition) is 4. The summed E-state index contributed by atoms with van der Waals surface area (Å²) in [5, 5.41) is 10.3. The summed E-state index contributed by atoms with van der Waals surface area (Å²) in [5.41, 5.74) is 1.90. The fourth-order valence-corrected chi connectivity index (χ4v) is 9.07. The van der Waals surface area contributed by atoms with E-state index in [-0.39, 0.29) is 34.9 Å². The molecule has 4 nitrogen and oxygen atoms in total. The van der Waals surface area contributed by atoms with Crippen LogP contribution >= 0.6 is 0 Å². The van der Waals surface area contributed by atoms with Crippen LogP contribution in [-0.2, 0) is 14.3 Å². The van der Waals surface area contributed by atoms with E-state index in [4.69, 9.17) is 9.47 Å². The van der Waals surface area contributed by atoms with Gasteiger partial charge in [-0.05, 0) is 91.9 Å². The standard InChI is InChI=1S/C29H44O4/c1-17-6-9-25(32-16-17)18(2)27-26(33-19(3)30)15-24-22-8-7-20-14-21(31)10-12-28(20,4)23(22)11-13-29(24,27)5/h7,9,17-18,21-24,26-27,31H,6,8,10-16H2,1-5H3/t17-,18-,21+,22-,23+,24+,26+,27+,28+,29+/m1/s1. The Morgan fingerprint density at radius 3 is 2.67 bits per heavy atom.